The average molecular weight is 145 g/mol. The molecule has 2 heteroatoms. The van der Waals surface area contributed by atoms with Crippen molar-refractivity contribution in [3.8, 4) is 5.40 Å². The number of hydrogen-bond acceptors (Lipinski definition) is 2. The average Bonchev–Trinajstić information content (AvgIpc) is 1.86. The number of unbranched alkanes of at least 4 members (excludes halogenated alkanes) is 3. The summed E-state index contributed by atoms with van der Waals surface area (Å²) in [4.78, 5) is 0. The van der Waals surface area contributed by atoms with E-state index < -0.39 is 0 Å². The van der Waals surface area contributed by atoms with Gasteiger partial charge in [-0.1, -0.05) is 52.2 Å². The summed E-state index contributed by atoms with van der Waals surface area (Å²) in [6.45, 7) is 4.46. The number of nitriles is 1. The summed E-state index contributed by atoms with van der Waals surface area (Å²) in [6.07, 6.45) is 5.54. The van der Waals surface area contributed by atoms with E-state index in [2.05, 4.69) is 26.5 Å². The van der Waals surface area contributed by atoms with Crippen molar-refractivity contribution >= 4 is 12.6 Å². The highest BCUT2D eigenvalue weighted by Crippen LogP contribution is 1.95. The molecule has 0 bridgehead atoms. The lowest BCUT2D eigenvalue weighted by Crippen LogP contribution is -1.66. The SMILES string of the molecule is CCCCCC.N#CS. The largest absolute Gasteiger partial charge is 0.185 e. The molecule has 54 valence electrons. The third-order valence-electron chi connectivity index (χ3n) is 0.957. The second-order valence-corrected chi connectivity index (χ2v) is 2.01. The van der Waals surface area contributed by atoms with Crippen molar-refractivity contribution in [1.82, 2.24) is 0 Å². The molecule has 1 nitrogen and oxygen atoms in total. The molecule has 0 aliphatic rings. The Morgan fingerprint density at radius 2 is 1.44 bits per heavy atom. The highest BCUT2D eigenvalue weighted by Gasteiger charge is 1.75. The van der Waals surface area contributed by atoms with Crippen LogP contribution >= 0.6 is 12.6 Å². The molecule has 0 N–H and O–H groups in total. The minimum absolute atomic E-state index is 1.36. The predicted molar refractivity (Wildman–Crippen MR) is 44.4 cm³/mol. The van der Waals surface area contributed by atoms with Gasteiger partial charge in [0.2, 0.25) is 0 Å². The molecule has 0 fully saturated rings. The Kier molecular flexibility index (Phi) is 20.2. The summed E-state index contributed by atoms with van der Waals surface area (Å²) < 4.78 is 0. The molecule has 0 atom stereocenters. The Bertz CT molecular complexity index is 61.8. The van der Waals surface area contributed by atoms with Crippen molar-refractivity contribution in [2.24, 2.45) is 0 Å². The Labute approximate surface area is 63.5 Å². The zero-order valence-electron chi connectivity index (χ0n) is 6.22. The van der Waals surface area contributed by atoms with Gasteiger partial charge in [-0.05, 0) is 0 Å². The van der Waals surface area contributed by atoms with Crippen LogP contribution in [0.5, 0.6) is 0 Å². The number of thiocyanates is 1. The van der Waals surface area contributed by atoms with Crippen LogP contribution in [-0.4, -0.2) is 0 Å². The van der Waals surface area contributed by atoms with E-state index in [0.717, 1.165) is 0 Å². The fourth-order valence-corrected chi connectivity index (χ4v) is 0.500. The minimum Gasteiger partial charge on any atom is -0.185 e. The summed E-state index contributed by atoms with van der Waals surface area (Å²) >= 11 is 3.09. The van der Waals surface area contributed by atoms with E-state index in [1.807, 2.05) is 0 Å². The summed E-state index contributed by atoms with van der Waals surface area (Å²) in [5.74, 6) is 0. The van der Waals surface area contributed by atoms with E-state index in [4.69, 9.17) is 5.26 Å². The second kappa shape index (κ2) is 15.7. The van der Waals surface area contributed by atoms with Crippen molar-refractivity contribution in [2.45, 2.75) is 39.5 Å². The van der Waals surface area contributed by atoms with Crippen molar-refractivity contribution in [1.29, 1.82) is 5.26 Å². The first kappa shape index (κ1) is 11.6. The van der Waals surface area contributed by atoms with Gasteiger partial charge in [0.25, 0.3) is 0 Å². The molecule has 0 aromatic heterocycles. The summed E-state index contributed by atoms with van der Waals surface area (Å²) in [6, 6.07) is 0. The van der Waals surface area contributed by atoms with E-state index in [9.17, 15) is 0 Å². The smallest absolute Gasteiger partial charge is 0.130 e. The van der Waals surface area contributed by atoms with Crippen LogP contribution in [0, 0.1) is 10.7 Å². The summed E-state index contributed by atoms with van der Waals surface area (Å²) in [5, 5.41) is 8.63. The highest BCUT2D eigenvalue weighted by atomic mass is 32.1. The fraction of sp³-hybridized carbons (Fsp3) is 0.857. The molecule has 0 spiro atoms. The standard InChI is InChI=1S/C6H14.CHNS/c1-3-5-6-4-2;2-1-3/h3-6H2,1-2H3;3H. The van der Waals surface area contributed by atoms with Crippen LogP contribution in [0.4, 0.5) is 0 Å². The minimum atomic E-state index is 1.36. The summed E-state index contributed by atoms with van der Waals surface area (Å²) in [5.41, 5.74) is 0. The van der Waals surface area contributed by atoms with E-state index in [-0.39, 0.29) is 0 Å². The zero-order chi connectivity index (χ0) is 7.54. The topological polar surface area (TPSA) is 23.8 Å². The summed E-state index contributed by atoms with van der Waals surface area (Å²) in [7, 11) is 0. The highest BCUT2D eigenvalue weighted by molar-refractivity contribution is 7.85. The Morgan fingerprint density at radius 3 is 1.56 bits per heavy atom. The predicted octanol–water partition coefficient (Wildman–Crippen LogP) is 2.98. The molecule has 0 saturated carbocycles. The Hall–Kier alpha value is -0.160. The maximum atomic E-state index is 7.18. The third-order valence-corrected chi connectivity index (χ3v) is 0.957. The fourth-order valence-electron chi connectivity index (χ4n) is 0.500. The molecular weight excluding hydrogens is 130 g/mol. The zero-order valence-corrected chi connectivity index (χ0v) is 7.12. The molecule has 0 rings (SSSR count). The first-order valence-electron chi connectivity index (χ1n) is 3.36. The maximum absolute atomic E-state index is 7.18. The molecule has 0 unspecified atom stereocenters. The molecule has 9 heavy (non-hydrogen) atoms. The lowest BCUT2D eigenvalue weighted by atomic mass is 10.2. The first-order valence-corrected chi connectivity index (χ1v) is 3.81. The number of thiol groups is 1. The lowest BCUT2D eigenvalue weighted by molar-refractivity contribution is 0.702. The van der Waals surface area contributed by atoms with Gasteiger partial charge in [-0.25, -0.2) is 0 Å². The van der Waals surface area contributed by atoms with E-state index in [1.54, 1.807) is 0 Å². The van der Waals surface area contributed by atoms with Gasteiger partial charge in [0.15, 0.2) is 0 Å². The van der Waals surface area contributed by atoms with Gasteiger partial charge in [0, 0.05) is 0 Å². The molecule has 0 radical (unpaired) electrons. The van der Waals surface area contributed by atoms with Crippen LogP contribution in [0.3, 0.4) is 0 Å². The molecule has 0 aromatic rings. The van der Waals surface area contributed by atoms with Crippen LogP contribution in [0.1, 0.15) is 39.5 Å². The molecular formula is C7H15NS. The number of hydrogen-bond donors (Lipinski definition) is 1. The van der Waals surface area contributed by atoms with Crippen molar-refractivity contribution < 1.29 is 0 Å². The van der Waals surface area contributed by atoms with E-state index >= 15 is 0 Å². The lowest BCUT2D eigenvalue weighted by Gasteiger charge is -1.86. The molecule has 0 aromatic carbocycles. The van der Waals surface area contributed by atoms with Gasteiger partial charge < -0.3 is 0 Å². The van der Waals surface area contributed by atoms with Gasteiger partial charge >= 0.3 is 0 Å². The van der Waals surface area contributed by atoms with Crippen molar-refractivity contribution in [3.05, 3.63) is 0 Å². The molecule has 0 heterocycles. The maximum Gasteiger partial charge on any atom is 0.130 e. The number of rotatable bonds is 3. The third kappa shape index (κ3) is 33.2. The van der Waals surface area contributed by atoms with E-state index in [0.29, 0.717) is 0 Å². The van der Waals surface area contributed by atoms with Crippen molar-refractivity contribution in [2.75, 3.05) is 0 Å². The van der Waals surface area contributed by atoms with Crippen LogP contribution in [-0.2, 0) is 0 Å². The quantitative estimate of drug-likeness (QED) is 0.368. The van der Waals surface area contributed by atoms with Crippen LogP contribution < -0.4 is 0 Å². The van der Waals surface area contributed by atoms with Gasteiger partial charge in [-0.15, -0.1) is 0 Å². The first-order chi connectivity index (χ1) is 4.33. The second-order valence-electron chi connectivity index (χ2n) is 1.81. The van der Waals surface area contributed by atoms with Crippen molar-refractivity contribution in [3.63, 3.8) is 0 Å². The number of nitrogens with zero attached hydrogens (tertiary/aromatic N) is 1. The molecule has 0 amide bonds. The monoisotopic (exact) mass is 145 g/mol. The van der Waals surface area contributed by atoms with Crippen LogP contribution in [0.15, 0.2) is 0 Å². The Morgan fingerprint density at radius 1 is 1.22 bits per heavy atom. The van der Waals surface area contributed by atoms with Crippen LogP contribution in [0.2, 0.25) is 0 Å². The molecule has 0 saturated heterocycles. The van der Waals surface area contributed by atoms with Gasteiger partial charge in [-0.3, -0.25) is 0 Å². The van der Waals surface area contributed by atoms with Gasteiger partial charge in [0.05, 0.1) is 0 Å². The Balaban J connectivity index is 0. The van der Waals surface area contributed by atoms with Gasteiger partial charge in [0.1, 0.15) is 5.40 Å². The van der Waals surface area contributed by atoms with Crippen LogP contribution in [0.25, 0.3) is 0 Å². The molecule has 0 aliphatic heterocycles. The normalized spacial score (nSPS) is 6.89. The van der Waals surface area contributed by atoms with E-state index in [1.165, 1.54) is 31.1 Å². The molecule has 0 aliphatic carbocycles. The van der Waals surface area contributed by atoms with Gasteiger partial charge in [-0.2, -0.15) is 5.26 Å².